The lowest BCUT2D eigenvalue weighted by Crippen LogP contribution is -2.32. The molecule has 0 radical (unpaired) electrons. The van der Waals surface area contributed by atoms with Crippen molar-refractivity contribution in [1.82, 2.24) is 4.90 Å². The van der Waals surface area contributed by atoms with Crippen molar-refractivity contribution in [2.75, 3.05) is 27.8 Å². The van der Waals surface area contributed by atoms with E-state index >= 15 is 0 Å². The number of rotatable bonds is 8. The molecule has 1 aromatic rings. The molecule has 2 rings (SSSR count). The monoisotopic (exact) mass is 319 g/mol. The van der Waals surface area contributed by atoms with Crippen molar-refractivity contribution in [2.24, 2.45) is 11.8 Å². The molecule has 1 unspecified atom stereocenters. The third kappa shape index (κ3) is 4.40. The zero-order valence-corrected chi connectivity index (χ0v) is 15.0. The minimum absolute atomic E-state index is 0.0560. The molecule has 1 aromatic carbocycles. The van der Waals surface area contributed by atoms with E-state index in [-0.39, 0.29) is 11.8 Å². The fourth-order valence-electron chi connectivity index (χ4n) is 3.14. The van der Waals surface area contributed by atoms with Crippen LogP contribution in [0.2, 0.25) is 0 Å². The minimum Gasteiger partial charge on any atom is -0.493 e. The van der Waals surface area contributed by atoms with Crippen molar-refractivity contribution < 1.29 is 14.3 Å². The first-order valence-electron chi connectivity index (χ1n) is 8.44. The second kappa shape index (κ2) is 7.71. The SMILES string of the molecule is COc1ccc(C(CCN(C)C(=O)C(C)C)C2CC2)cc1OC. The van der Waals surface area contributed by atoms with Crippen molar-refractivity contribution in [2.45, 2.75) is 39.0 Å². The molecule has 1 saturated carbocycles. The first kappa shape index (κ1) is 17.6. The Bertz CT molecular complexity index is 537. The highest BCUT2D eigenvalue weighted by molar-refractivity contribution is 5.77. The lowest BCUT2D eigenvalue weighted by Gasteiger charge is -2.24. The van der Waals surface area contributed by atoms with Gasteiger partial charge in [0.1, 0.15) is 0 Å². The summed E-state index contributed by atoms with van der Waals surface area (Å²) in [6.07, 6.45) is 3.55. The van der Waals surface area contributed by atoms with Crippen LogP contribution in [-0.4, -0.2) is 38.6 Å². The number of ether oxygens (including phenoxy) is 2. The topological polar surface area (TPSA) is 38.8 Å². The summed E-state index contributed by atoms with van der Waals surface area (Å²) < 4.78 is 10.8. The Morgan fingerprint density at radius 1 is 1.22 bits per heavy atom. The molecule has 1 amide bonds. The summed E-state index contributed by atoms with van der Waals surface area (Å²) in [6.45, 7) is 4.70. The number of methoxy groups -OCH3 is 2. The number of nitrogens with zero attached hydrogens (tertiary/aromatic N) is 1. The molecular formula is C19H29NO3. The molecule has 0 bridgehead atoms. The van der Waals surface area contributed by atoms with Gasteiger partial charge in [-0.05, 0) is 48.8 Å². The molecule has 23 heavy (non-hydrogen) atoms. The molecule has 0 saturated heterocycles. The van der Waals surface area contributed by atoms with Crippen molar-refractivity contribution in [3.8, 4) is 11.5 Å². The summed E-state index contributed by atoms with van der Waals surface area (Å²) in [4.78, 5) is 13.9. The number of hydrogen-bond acceptors (Lipinski definition) is 3. The van der Waals surface area contributed by atoms with Gasteiger partial charge in [-0.1, -0.05) is 19.9 Å². The molecule has 0 N–H and O–H groups in total. The molecule has 0 aliphatic heterocycles. The van der Waals surface area contributed by atoms with E-state index in [4.69, 9.17) is 9.47 Å². The second-order valence-electron chi connectivity index (χ2n) is 6.76. The Morgan fingerprint density at radius 3 is 2.39 bits per heavy atom. The first-order chi connectivity index (χ1) is 11.0. The van der Waals surface area contributed by atoms with Crippen molar-refractivity contribution in [1.29, 1.82) is 0 Å². The van der Waals surface area contributed by atoms with Crippen LogP contribution < -0.4 is 9.47 Å². The highest BCUT2D eigenvalue weighted by Gasteiger charge is 2.33. The van der Waals surface area contributed by atoms with E-state index in [1.807, 2.05) is 31.9 Å². The molecule has 128 valence electrons. The van der Waals surface area contributed by atoms with Gasteiger partial charge in [-0.3, -0.25) is 4.79 Å². The van der Waals surface area contributed by atoms with E-state index in [0.29, 0.717) is 5.92 Å². The lowest BCUT2D eigenvalue weighted by atomic mass is 9.90. The van der Waals surface area contributed by atoms with Crippen molar-refractivity contribution >= 4 is 5.91 Å². The molecule has 1 aliphatic rings. The average Bonchev–Trinajstić information content (AvgIpc) is 3.38. The maximum absolute atomic E-state index is 12.1. The Hall–Kier alpha value is -1.71. The maximum Gasteiger partial charge on any atom is 0.224 e. The van der Waals surface area contributed by atoms with Crippen LogP contribution in [0.3, 0.4) is 0 Å². The number of benzene rings is 1. The van der Waals surface area contributed by atoms with Crippen molar-refractivity contribution in [3.05, 3.63) is 23.8 Å². The minimum atomic E-state index is 0.0560. The zero-order valence-electron chi connectivity index (χ0n) is 15.0. The number of carbonyl (C=O) groups excluding carboxylic acids is 1. The van der Waals surface area contributed by atoms with E-state index < -0.39 is 0 Å². The summed E-state index contributed by atoms with van der Waals surface area (Å²) in [5, 5.41) is 0. The molecule has 0 heterocycles. The van der Waals surface area contributed by atoms with Crippen LogP contribution in [0.25, 0.3) is 0 Å². The highest BCUT2D eigenvalue weighted by atomic mass is 16.5. The number of carbonyl (C=O) groups is 1. The number of amides is 1. The molecule has 4 heteroatoms. The zero-order chi connectivity index (χ0) is 17.0. The summed E-state index contributed by atoms with van der Waals surface area (Å²) in [7, 11) is 5.23. The van der Waals surface area contributed by atoms with E-state index in [1.54, 1.807) is 14.2 Å². The average molecular weight is 319 g/mol. The molecule has 1 fully saturated rings. The van der Waals surface area contributed by atoms with E-state index in [0.717, 1.165) is 30.4 Å². The Morgan fingerprint density at radius 2 is 1.87 bits per heavy atom. The van der Waals surface area contributed by atoms with Gasteiger partial charge in [-0.25, -0.2) is 0 Å². The smallest absolute Gasteiger partial charge is 0.224 e. The fourth-order valence-corrected chi connectivity index (χ4v) is 3.14. The van der Waals surface area contributed by atoms with E-state index in [2.05, 4.69) is 12.1 Å². The fraction of sp³-hybridized carbons (Fsp3) is 0.632. The molecule has 1 aliphatic carbocycles. The Labute approximate surface area is 139 Å². The second-order valence-corrected chi connectivity index (χ2v) is 6.76. The van der Waals surface area contributed by atoms with Gasteiger partial charge in [-0.2, -0.15) is 0 Å². The molecule has 1 atom stereocenters. The van der Waals surface area contributed by atoms with Crippen LogP contribution in [-0.2, 0) is 4.79 Å². The quantitative estimate of drug-likeness (QED) is 0.733. The summed E-state index contributed by atoms with van der Waals surface area (Å²) in [6, 6.07) is 6.20. The molecule has 0 spiro atoms. The van der Waals surface area contributed by atoms with E-state index in [1.165, 1.54) is 18.4 Å². The predicted molar refractivity (Wildman–Crippen MR) is 92.1 cm³/mol. The van der Waals surface area contributed by atoms with Gasteiger partial charge in [0.15, 0.2) is 11.5 Å². The normalized spacial score (nSPS) is 15.4. The van der Waals surface area contributed by atoms with Gasteiger partial charge in [0, 0.05) is 19.5 Å². The van der Waals surface area contributed by atoms with Crippen LogP contribution in [0.1, 0.15) is 44.6 Å². The van der Waals surface area contributed by atoms with Crippen molar-refractivity contribution in [3.63, 3.8) is 0 Å². The van der Waals surface area contributed by atoms with Gasteiger partial charge in [0.2, 0.25) is 5.91 Å². The summed E-state index contributed by atoms with van der Waals surface area (Å²) in [5.74, 6) is 3.03. The largest absolute Gasteiger partial charge is 0.493 e. The molecule has 4 nitrogen and oxygen atoms in total. The Kier molecular flexibility index (Phi) is 5.91. The summed E-state index contributed by atoms with van der Waals surface area (Å²) in [5.41, 5.74) is 1.29. The third-order valence-corrected chi connectivity index (χ3v) is 4.67. The van der Waals surface area contributed by atoms with Crippen LogP contribution >= 0.6 is 0 Å². The van der Waals surface area contributed by atoms with Crippen LogP contribution in [0.4, 0.5) is 0 Å². The van der Waals surface area contributed by atoms with Gasteiger partial charge < -0.3 is 14.4 Å². The standard InChI is InChI=1S/C19H29NO3/c1-13(2)19(21)20(3)11-10-16(14-6-7-14)15-8-9-17(22-4)18(12-15)23-5/h8-9,12-14,16H,6-7,10-11H2,1-5H3. The van der Waals surface area contributed by atoms with Gasteiger partial charge in [0.25, 0.3) is 0 Å². The van der Waals surface area contributed by atoms with Crippen LogP contribution in [0, 0.1) is 11.8 Å². The van der Waals surface area contributed by atoms with Crippen LogP contribution in [0.15, 0.2) is 18.2 Å². The highest BCUT2D eigenvalue weighted by Crippen LogP contribution is 2.46. The lowest BCUT2D eigenvalue weighted by molar-refractivity contribution is -0.133. The van der Waals surface area contributed by atoms with E-state index in [9.17, 15) is 4.79 Å². The van der Waals surface area contributed by atoms with Gasteiger partial charge >= 0.3 is 0 Å². The molecular weight excluding hydrogens is 290 g/mol. The third-order valence-electron chi connectivity index (χ3n) is 4.67. The molecule has 0 aromatic heterocycles. The first-order valence-corrected chi connectivity index (χ1v) is 8.44. The van der Waals surface area contributed by atoms with Crippen LogP contribution in [0.5, 0.6) is 11.5 Å². The summed E-state index contributed by atoms with van der Waals surface area (Å²) >= 11 is 0. The predicted octanol–water partition coefficient (Wildman–Crippen LogP) is 3.70. The number of hydrogen-bond donors (Lipinski definition) is 0. The maximum atomic E-state index is 12.1. The van der Waals surface area contributed by atoms with Gasteiger partial charge in [0.05, 0.1) is 14.2 Å². The van der Waals surface area contributed by atoms with Gasteiger partial charge in [-0.15, -0.1) is 0 Å². The Balaban J connectivity index is 2.08.